The highest BCUT2D eigenvalue weighted by molar-refractivity contribution is 14.0. The van der Waals surface area contributed by atoms with E-state index in [1.54, 1.807) is 0 Å². The van der Waals surface area contributed by atoms with E-state index in [1.807, 2.05) is 13.8 Å². The summed E-state index contributed by atoms with van der Waals surface area (Å²) in [5.41, 5.74) is 0. The van der Waals surface area contributed by atoms with Gasteiger partial charge in [-0.05, 0) is 48.0 Å². The molecule has 0 radical (unpaired) electrons. The molecule has 1 amide bonds. The molecule has 0 spiro atoms. The summed E-state index contributed by atoms with van der Waals surface area (Å²) in [5, 5.41) is 9.44. The minimum Gasteiger partial charge on any atom is -0.357 e. The first-order chi connectivity index (χ1) is 11.3. The number of carbonyl (C=O) groups excluding carboxylic acids is 1. The van der Waals surface area contributed by atoms with Crippen LogP contribution in [0.3, 0.4) is 0 Å². The van der Waals surface area contributed by atoms with Gasteiger partial charge in [0.25, 0.3) is 0 Å². The van der Waals surface area contributed by atoms with Gasteiger partial charge < -0.3 is 16.0 Å². The molecule has 7 heteroatoms. The second-order valence-electron chi connectivity index (χ2n) is 6.74. The van der Waals surface area contributed by atoms with Gasteiger partial charge in [0.05, 0.1) is 6.54 Å². The lowest BCUT2D eigenvalue weighted by molar-refractivity contribution is -0.121. The molecule has 0 saturated heterocycles. The minimum absolute atomic E-state index is 0. The van der Waals surface area contributed by atoms with Gasteiger partial charge in [-0.2, -0.15) is 0 Å². The Hall–Kier alpha value is -0.570. The maximum absolute atomic E-state index is 11.8. The van der Waals surface area contributed by atoms with Gasteiger partial charge in [-0.3, -0.25) is 14.7 Å². The lowest BCUT2D eigenvalue weighted by atomic mass is 10.2. The highest BCUT2D eigenvalue weighted by Crippen LogP contribution is 2.03. The van der Waals surface area contributed by atoms with Gasteiger partial charge in [0, 0.05) is 44.2 Å². The van der Waals surface area contributed by atoms with Crippen molar-refractivity contribution in [2.45, 2.75) is 79.4 Å². The molecule has 0 heterocycles. The topological polar surface area (TPSA) is 68.8 Å². The largest absolute Gasteiger partial charge is 0.357 e. The zero-order valence-electron chi connectivity index (χ0n) is 17.2. The number of carbonyl (C=O) groups is 1. The van der Waals surface area contributed by atoms with Crippen molar-refractivity contribution in [1.29, 1.82) is 0 Å². The van der Waals surface area contributed by atoms with Gasteiger partial charge in [-0.1, -0.05) is 6.92 Å². The number of hydrogen-bond donors (Lipinski definition) is 3. The molecule has 6 nitrogen and oxygen atoms in total. The van der Waals surface area contributed by atoms with Gasteiger partial charge in [-0.25, -0.2) is 0 Å². The fourth-order valence-corrected chi connectivity index (χ4v) is 2.48. The Balaban J connectivity index is 0. The van der Waals surface area contributed by atoms with E-state index >= 15 is 0 Å². The molecule has 0 rings (SSSR count). The summed E-state index contributed by atoms with van der Waals surface area (Å²) in [4.78, 5) is 18.8. The number of nitrogens with zero attached hydrogens (tertiary/aromatic N) is 2. The summed E-state index contributed by atoms with van der Waals surface area (Å²) in [5.74, 6) is 0.861. The van der Waals surface area contributed by atoms with Crippen molar-refractivity contribution >= 4 is 35.8 Å². The van der Waals surface area contributed by atoms with E-state index in [0.29, 0.717) is 25.0 Å². The fraction of sp³-hybridized carbons (Fsp3) is 0.889. The molecule has 1 atom stereocenters. The molecule has 0 aromatic carbocycles. The van der Waals surface area contributed by atoms with Crippen LogP contribution in [0.1, 0.15) is 61.3 Å². The molecule has 25 heavy (non-hydrogen) atoms. The van der Waals surface area contributed by atoms with Crippen molar-refractivity contribution in [3.8, 4) is 0 Å². The zero-order valence-corrected chi connectivity index (χ0v) is 19.5. The van der Waals surface area contributed by atoms with Crippen LogP contribution >= 0.6 is 24.0 Å². The molecule has 0 saturated carbocycles. The molecule has 0 bridgehead atoms. The third kappa shape index (κ3) is 13.3. The number of rotatable bonds is 11. The lowest BCUT2D eigenvalue weighted by Crippen LogP contribution is -2.42. The monoisotopic (exact) mass is 469 g/mol. The second-order valence-corrected chi connectivity index (χ2v) is 6.74. The number of amides is 1. The van der Waals surface area contributed by atoms with Gasteiger partial charge >= 0.3 is 0 Å². The molecule has 0 aliphatic rings. The Bertz CT molecular complexity index is 366. The van der Waals surface area contributed by atoms with Gasteiger partial charge in [-0.15, -0.1) is 24.0 Å². The Morgan fingerprint density at radius 1 is 1.04 bits per heavy atom. The molecule has 0 aliphatic carbocycles. The minimum atomic E-state index is 0. The highest BCUT2D eigenvalue weighted by atomic mass is 127. The summed E-state index contributed by atoms with van der Waals surface area (Å²) in [6.07, 6.45) is 1.41. The Morgan fingerprint density at radius 3 is 2.12 bits per heavy atom. The SMILES string of the molecule is CCNC(=NCCN(C(C)C)C(C)C)NCCC(=O)NC(C)CC.I. The second kappa shape index (κ2) is 15.7. The van der Waals surface area contributed by atoms with Gasteiger partial charge in [0.15, 0.2) is 5.96 Å². The van der Waals surface area contributed by atoms with Crippen molar-refractivity contribution in [2.75, 3.05) is 26.2 Å². The van der Waals surface area contributed by atoms with E-state index in [2.05, 4.69) is 60.5 Å². The first-order valence-corrected chi connectivity index (χ1v) is 9.39. The number of aliphatic imine (C=N–C) groups is 1. The van der Waals surface area contributed by atoms with Crippen LogP contribution in [0.15, 0.2) is 4.99 Å². The van der Waals surface area contributed by atoms with Crippen LogP contribution < -0.4 is 16.0 Å². The number of hydrogen-bond acceptors (Lipinski definition) is 3. The Labute approximate surface area is 172 Å². The zero-order chi connectivity index (χ0) is 18.5. The average molecular weight is 469 g/mol. The predicted octanol–water partition coefficient (Wildman–Crippen LogP) is 2.58. The van der Waals surface area contributed by atoms with Crippen LogP contribution in [0.4, 0.5) is 0 Å². The van der Waals surface area contributed by atoms with Crippen molar-refractivity contribution in [3.05, 3.63) is 0 Å². The van der Waals surface area contributed by atoms with Crippen LogP contribution in [-0.2, 0) is 4.79 Å². The molecular formula is C18H40IN5O. The molecule has 0 aliphatic heterocycles. The summed E-state index contributed by atoms with van der Waals surface area (Å²) in [7, 11) is 0. The Morgan fingerprint density at radius 2 is 1.64 bits per heavy atom. The molecule has 3 N–H and O–H groups in total. The molecule has 1 unspecified atom stereocenters. The van der Waals surface area contributed by atoms with Crippen LogP contribution in [0.5, 0.6) is 0 Å². The summed E-state index contributed by atoms with van der Waals surface area (Å²) in [6, 6.07) is 1.26. The summed E-state index contributed by atoms with van der Waals surface area (Å²) in [6.45, 7) is 18.0. The predicted molar refractivity (Wildman–Crippen MR) is 119 cm³/mol. The lowest BCUT2D eigenvalue weighted by Gasteiger charge is -2.29. The third-order valence-corrected chi connectivity index (χ3v) is 3.96. The van der Waals surface area contributed by atoms with Crippen LogP contribution in [0.25, 0.3) is 0 Å². The first kappa shape index (κ1) is 26.7. The van der Waals surface area contributed by atoms with Crippen LogP contribution in [0, 0.1) is 0 Å². The molecule has 0 fully saturated rings. The fourth-order valence-electron chi connectivity index (χ4n) is 2.48. The average Bonchev–Trinajstić information content (AvgIpc) is 2.50. The van der Waals surface area contributed by atoms with E-state index in [4.69, 9.17) is 0 Å². The maximum Gasteiger partial charge on any atom is 0.221 e. The van der Waals surface area contributed by atoms with E-state index in [-0.39, 0.29) is 35.9 Å². The number of halogens is 1. The molecular weight excluding hydrogens is 429 g/mol. The Kier molecular flexibility index (Phi) is 16.7. The van der Waals surface area contributed by atoms with Gasteiger partial charge in [0.2, 0.25) is 5.91 Å². The molecule has 0 aromatic rings. The summed E-state index contributed by atoms with van der Waals surface area (Å²) < 4.78 is 0. The number of guanidine groups is 1. The summed E-state index contributed by atoms with van der Waals surface area (Å²) >= 11 is 0. The van der Waals surface area contributed by atoms with Crippen molar-refractivity contribution < 1.29 is 4.79 Å². The van der Waals surface area contributed by atoms with Crippen LogP contribution in [-0.4, -0.2) is 61.1 Å². The van der Waals surface area contributed by atoms with Crippen LogP contribution in [0.2, 0.25) is 0 Å². The third-order valence-electron chi connectivity index (χ3n) is 3.96. The molecule has 150 valence electrons. The van der Waals surface area contributed by atoms with Crippen molar-refractivity contribution in [2.24, 2.45) is 4.99 Å². The maximum atomic E-state index is 11.8. The van der Waals surface area contributed by atoms with E-state index in [9.17, 15) is 4.79 Å². The van der Waals surface area contributed by atoms with E-state index in [1.165, 1.54) is 0 Å². The smallest absolute Gasteiger partial charge is 0.221 e. The highest BCUT2D eigenvalue weighted by Gasteiger charge is 2.12. The number of nitrogens with one attached hydrogen (secondary N) is 3. The molecule has 0 aromatic heterocycles. The standard InChI is InChI=1S/C18H39N5O.HI/c1-8-16(7)22-17(24)10-11-20-18(19-9-2)21-12-13-23(14(3)4)15(5)6;/h14-16H,8-13H2,1-7H3,(H,22,24)(H2,19,20,21);1H. The quantitative estimate of drug-likeness (QED) is 0.247. The van der Waals surface area contributed by atoms with E-state index in [0.717, 1.165) is 32.0 Å². The normalized spacial score (nSPS) is 13.0. The first-order valence-electron chi connectivity index (χ1n) is 9.39. The van der Waals surface area contributed by atoms with Gasteiger partial charge in [0.1, 0.15) is 0 Å². The van der Waals surface area contributed by atoms with Crippen molar-refractivity contribution in [3.63, 3.8) is 0 Å². The van der Waals surface area contributed by atoms with E-state index < -0.39 is 0 Å². The van der Waals surface area contributed by atoms with Crippen molar-refractivity contribution in [1.82, 2.24) is 20.9 Å².